The van der Waals surface area contributed by atoms with Gasteiger partial charge in [0.05, 0.1) is 5.52 Å². The first-order chi connectivity index (χ1) is 20.2. The average Bonchev–Trinajstić information content (AvgIpc) is 3.28. The smallest absolute Gasteiger partial charge is 0.410 e. The molecular formula is C31H47N5O5Si2. The number of aromatic nitrogens is 4. The lowest BCUT2D eigenvalue weighted by Crippen LogP contribution is -2.23. The summed E-state index contributed by atoms with van der Waals surface area (Å²) in [6.07, 6.45) is 3.27. The number of carbonyl (C=O) groups is 2. The average molecular weight is 626 g/mol. The quantitative estimate of drug-likeness (QED) is 0.137. The van der Waals surface area contributed by atoms with Crippen LogP contribution in [0.3, 0.4) is 0 Å². The fourth-order valence-corrected chi connectivity index (χ4v) is 7.32. The molecule has 1 fully saturated rings. The zero-order valence-corrected chi connectivity index (χ0v) is 29.0. The Kier molecular flexibility index (Phi) is 8.78. The Bertz CT molecular complexity index is 1520. The van der Waals surface area contributed by atoms with Crippen LogP contribution in [-0.2, 0) is 35.8 Å². The van der Waals surface area contributed by atoms with E-state index in [1.807, 2.05) is 9.25 Å². The van der Waals surface area contributed by atoms with Gasteiger partial charge in [-0.25, -0.2) is 14.5 Å². The number of rotatable bonds is 13. The number of imidazole rings is 1. The molecule has 0 aliphatic heterocycles. The minimum atomic E-state index is -1.30. The molecule has 2 aliphatic carbocycles. The Morgan fingerprint density at radius 2 is 1.77 bits per heavy atom. The van der Waals surface area contributed by atoms with Crippen molar-refractivity contribution >= 4 is 39.6 Å². The van der Waals surface area contributed by atoms with E-state index in [1.165, 1.54) is 24.7 Å². The van der Waals surface area contributed by atoms with Gasteiger partial charge in [0.2, 0.25) is 0 Å². The molecule has 1 saturated carbocycles. The molecule has 1 amide bonds. The van der Waals surface area contributed by atoms with Crippen molar-refractivity contribution in [2.75, 3.05) is 20.3 Å². The van der Waals surface area contributed by atoms with Crippen molar-refractivity contribution in [2.45, 2.75) is 91.0 Å². The van der Waals surface area contributed by atoms with Crippen LogP contribution in [0.4, 0.5) is 4.79 Å². The van der Waals surface area contributed by atoms with E-state index in [0.717, 1.165) is 43.5 Å². The van der Waals surface area contributed by atoms with Crippen molar-refractivity contribution in [1.82, 2.24) is 24.6 Å². The number of benzene rings is 1. The molecule has 10 nitrogen and oxygen atoms in total. The molecule has 234 valence electrons. The second-order valence-corrected chi connectivity index (χ2v) is 26.1. The molecule has 2 aromatic heterocycles. The second kappa shape index (κ2) is 11.9. The van der Waals surface area contributed by atoms with Crippen LogP contribution in [0.15, 0.2) is 12.1 Å². The highest BCUT2D eigenvalue weighted by molar-refractivity contribution is 6.76. The van der Waals surface area contributed by atoms with Gasteiger partial charge < -0.3 is 19.5 Å². The largest absolute Gasteiger partial charge is 0.412 e. The van der Waals surface area contributed by atoms with E-state index < -0.39 is 22.2 Å². The van der Waals surface area contributed by atoms with Gasteiger partial charge in [0.15, 0.2) is 12.1 Å². The van der Waals surface area contributed by atoms with E-state index in [-0.39, 0.29) is 12.5 Å². The van der Waals surface area contributed by atoms with E-state index in [1.54, 1.807) is 12.1 Å². The number of hydrogen-bond donors (Lipinski definition) is 1. The minimum Gasteiger partial charge on any atom is -0.410 e. The maximum Gasteiger partial charge on any atom is 0.412 e. The van der Waals surface area contributed by atoms with Gasteiger partial charge in [-0.15, -0.1) is 0 Å². The lowest BCUT2D eigenvalue weighted by Gasteiger charge is -2.20. The molecule has 0 radical (unpaired) electrons. The van der Waals surface area contributed by atoms with Gasteiger partial charge in [0.25, 0.3) is 0 Å². The minimum absolute atomic E-state index is 0.244. The molecule has 2 heterocycles. The SMILES string of the molecule is CNC(=O)Oc1cc(C=O)c2nc(-c3nn(COCC[Si](C)(C)C)c4c3C[C@@H]3C[C@]3(C)C4)n(COCC[Si](C)(C)C)c2c1. The van der Waals surface area contributed by atoms with Crippen LogP contribution < -0.4 is 10.1 Å². The summed E-state index contributed by atoms with van der Waals surface area (Å²) in [5.74, 6) is 1.55. The molecule has 1 aromatic carbocycles. The van der Waals surface area contributed by atoms with Gasteiger partial charge in [-0.3, -0.25) is 9.36 Å². The van der Waals surface area contributed by atoms with Crippen molar-refractivity contribution in [3.8, 4) is 17.3 Å². The van der Waals surface area contributed by atoms with Gasteiger partial charge in [0, 0.05) is 59.3 Å². The fraction of sp³-hybridized carbons (Fsp3) is 0.613. The van der Waals surface area contributed by atoms with E-state index in [9.17, 15) is 9.59 Å². The molecule has 3 aromatic rings. The van der Waals surface area contributed by atoms with Crippen molar-refractivity contribution < 1.29 is 23.8 Å². The zero-order chi connectivity index (χ0) is 31.2. The summed E-state index contributed by atoms with van der Waals surface area (Å²) in [4.78, 5) is 29.3. The summed E-state index contributed by atoms with van der Waals surface area (Å²) in [5.41, 5.74) is 5.10. The molecule has 12 heteroatoms. The molecule has 0 spiro atoms. The van der Waals surface area contributed by atoms with Gasteiger partial charge >= 0.3 is 6.09 Å². The highest BCUT2D eigenvalue weighted by atomic mass is 28.3. The summed E-state index contributed by atoms with van der Waals surface area (Å²) in [7, 11) is -1.02. The maximum absolute atomic E-state index is 12.2. The highest BCUT2D eigenvalue weighted by Gasteiger charge is 2.54. The summed E-state index contributed by atoms with van der Waals surface area (Å²) >= 11 is 0. The molecule has 0 bridgehead atoms. The van der Waals surface area contributed by atoms with Crippen LogP contribution in [0.25, 0.3) is 22.6 Å². The van der Waals surface area contributed by atoms with Gasteiger partial charge in [-0.1, -0.05) is 46.2 Å². The molecular weight excluding hydrogens is 579 g/mol. The monoisotopic (exact) mass is 625 g/mol. The fourth-order valence-electron chi connectivity index (χ4n) is 5.80. The van der Waals surface area contributed by atoms with Crippen molar-refractivity contribution in [1.29, 1.82) is 0 Å². The number of hydrogen-bond acceptors (Lipinski definition) is 7. The van der Waals surface area contributed by atoms with Crippen molar-refractivity contribution in [2.24, 2.45) is 11.3 Å². The molecule has 2 atom stereocenters. The summed E-state index contributed by atoms with van der Waals surface area (Å²) in [6.45, 7) is 18.4. The summed E-state index contributed by atoms with van der Waals surface area (Å²) in [5, 5.41) is 7.59. The standard InChI is InChI=1S/C31H47N5O5Si2/c1-31-16-22(31)14-24-26(17-31)36(20-40-10-12-43(6,7)8)34-28(24)29-33-27-21(18-37)13-23(41-30(38)32-2)15-25(27)35(29)19-39-9-11-42(3,4)5/h13,15,18,22H,9-12,14,16-17,19-20H2,1-8H3,(H,32,38)/t22-,31-/m1/s1. The van der Waals surface area contributed by atoms with Crippen molar-refractivity contribution in [3.05, 3.63) is 29.0 Å². The molecule has 2 aliphatic rings. The van der Waals surface area contributed by atoms with Crippen molar-refractivity contribution in [3.63, 3.8) is 0 Å². The summed E-state index contributed by atoms with van der Waals surface area (Å²) in [6, 6.07) is 5.42. The Labute approximate surface area is 256 Å². The number of carbonyl (C=O) groups excluding carboxylic acids is 2. The topological polar surface area (TPSA) is 109 Å². The van der Waals surface area contributed by atoms with Crippen LogP contribution in [0.5, 0.6) is 5.75 Å². The van der Waals surface area contributed by atoms with E-state index >= 15 is 0 Å². The second-order valence-electron chi connectivity index (χ2n) is 14.9. The van der Waals surface area contributed by atoms with Crippen LogP contribution in [0.2, 0.25) is 51.4 Å². The van der Waals surface area contributed by atoms with Crippen LogP contribution in [0.1, 0.15) is 35.0 Å². The zero-order valence-electron chi connectivity index (χ0n) is 27.0. The lowest BCUT2D eigenvalue weighted by molar-refractivity contribution is 0.0756. The third-order valence-electron chi connectivity index (χ3n) is 8.76. The Hall–Kier alpha value is -2.81. The lowest BCUT2D eigenvalue weighted by atomic mass is 9.87. The van der Waals surface area contributed by atoms with Gasteiger partial charge in [-0.2, -0.15) is 5.10 Å². The van der Waals surface area contributed by atoms with Crippen LogP contribution in [-0.4, -0.2) is 68.1 Å². The van der Waals surface area contributed by atoms with E-state index in [0.29, 0.717) is 47.1 Å². The number of amides is 1. The predicted molar refractivity (Wildman–Crippen MR) is 173 cm³/mol. The van der Waals surface area contributed by atoms with Gasteiger partial charge in [-0.05, 0) is 48.7 Å². The number of nitrogens with one attached hydrogen (secondary N) is 1. The first-order valence-electron chi connectivity index (χ1n) is 15.3. The molecule has 0 unspecified atom stereocenters. The Morgan fingerprint density at radius 3 is 2.40 bits per heavy atom. The highest BCUT2D eigenvalue weighted by Crippen LogP contribution is 2.60. The van der Waals surface area contributed by atoms with E-state index in [4.69, 9.17) is 24.3 Å². The first-order valence-corrected chi connectivity index (χ1v) is 22.8. The molecule has 5 rings (SSSR count). The summed E-state index contributed by atoms with van der Waals surface area (Å²) < 4.78 is 21.9. The van der Waals surface area contributed by atoms with E-state index in [2.05, 4.69) is 51.5 Å². The maximum atomic E-state index is 12.2. The third-order valence-corrected chi connectivity index (χ3v) is 12.2. The number of fused-ring (bicyclic) bond motifs is 3. The molecule has 1 N–H and O–H groups in total. The van der Waals surface area contributed by atoms with Gasteiger partial charge in [0.1, 0.15) is 30.4 Å². The number of nitrogens with zero attached hydrogens (tertiary/aromatic N) is 4. The molecule has 43 heavy (non-hydrogen) atoms. The number of aldehydes is 1. The third kappa shape index (κ3) is 7.13. The first kappa shape index (κ1) is 31.6. The number of ether oxygens (including phenoxy) is 3. The normalized spacial score (nSPS) is 19.7. The molecule has 0 saturated heterocycles. The Balaban J connectivity index is 1.58. The van der Waals surface area contributed by atoms with Crippen LogP contribution in [0, 0.1) is 11.3 Å². The van der Waals surface area contributed by atoms with Crippen LogP contribution >= 0.6 is 0 Å². The Morgan fingerprint density at radius 1 is 1.09 bits per heavy atom. The predicted octanol–water partition coefficient (Wildman–Crippen LogP) is 6.18.